The Kier molecular flexibility index (Phi) is 4.02. The fourth-order valence-corrected chi connectivity index (χ4v) is 3.72. The number of anilines is 1. The molecule has 1 aliphatic rings. The lowest BCUT2D eigenvalue weighted by atomic mass is 9.87. The Morgan fingerprint density at radius 3 is 2.56 bits per heavy atom. The molecular formula is C23H17NO3. The molecule has 4 nitrogen and oxygen atoms in total. The molecule has 0 aromatic heterocycles. The molecule has 1 N–H and O–H groups in total. The van der Waals surface area contributed by atoms with E-state index in [1.807, 2.05) is 30.3 Å². The lowest BCUT2D eigenvalue weighted by Gasteiger charge is -2.22. The van der Waals surface area contributed by atoms with Gasteiger partial charge in [-0.3, -0.25) is 14.5 Å². The number of terminal acetylenes is 1. The van der Waals surface area contributed by atoms with E-state index in [9.17, 15) is 14.7 Å². The van der Waals surface area contributed by atoms with Crippen LogP contribution in [0.5, 0.6) is 0 Å². The first kappa shape index (κ1) is 17.0. The van der Waals surface area contributed by atoms with Crippen molar-refractivity contribution in [2.45, 2.75) is 12.0 Å². The minimum atomic E-state index is -1.92. The molecule has 3 aromatic rings. The molecule has 0 saturated heterocycles. The molecule has 27 heavy (non-hydrogen) atoms. The van der Waals surface area contributed by atoms with Crippen molar-refractivity contribution in [3.63, 3.8) is 0 Å². The van der Waals surface area contributed by atoms with Crippen molar-refractivity contribution in [2.75, 3.05) is 11.4 Å². The molecule has 0 spiro atoms. The van der Waals surface area contributed by atoms with Crippen molar-refractivity contribution in [3.05, 3.63) is 77.9 Å². The maximum Gasteiger partial charge on any atom is 0.265 e. The summed E-state index contributed by atoms with van der Waals surface area (Å²) in [5.41, 5.74) is -0.462. The van der Waals surface area contributed by atoms with E-state index < -0.39 is 11.5 Å². The van der Waals surface area contributed by atoms with Crippen molar-refractivity contribution in [2.24, 2.45) is 0 Å². The van der Waals surface area contributed by atoms with Gasteiger partial charge in [-0.25, -0.2) is 0 Å². The van der Waals surface area contributed by atoms with Crippen LogP contribution in [0.25, 0.3) is 10.8 Å². The van der Waals surface area contributed by atoms with Crippen LogP contribution in [0.15, 0.2) is 66.7 Å². The van der Waals surface area contributed by atoms with Gasteiger partial charge in [0, 0.05) is 11.1 Å². The third-order valence-corrected chi connectivity index (χ3v) is 5.00. The van der Waals surface area contributed by atoms with E-state index in [4.69, 9.17) is 6.42 Å². The van der Waals surface area contributed by atoms with Crippen molar-refractivity contribution >= 4 is 28.2 Å². The van der Waals surface area contributed by atoms with Crippen molar-refractivity contribution in [1.29, 1.82) is 0 Å². The number of para-hydroxylation sites is 1. The number of rotatable bonds is 4. The average Bonchev–Trinajstić information content (AvgIpc) is 2.90. The average molecular weight is 355 g/mol. The van der Waals surface area contributed by atoms with E-state index >= 15 is 0 Å². The topological polar surface area (TPSA) is 57.6 Å². The Labute approximate surface area is 157 Å². The van der Waals surface area contributed by atoms with E-state index in [-0.39, 0.29) is 18.7 Å². The lowest BCUT2D eigenvalue weighted by Crippen LogP contribution is -2.42. The number of benzene rings is 3. The van der Waals surface area contributed by atoms with Crippen LogP contribution in [0.3, 0.4) is 0 Å². The molecule has 0 unspecified atom stereocenters. The summed E-state index contributed by atoms with van der Waals surface area (Å²) in [7, 11) is 0. The van der Waals surface area contributed by atoms with Crippen LogP contribution >= 0.6 is 0 Å². The number of carbonyl (C=O) groups is 2. The molecule has 0 radical (unpaired) electrons. The zero-order valence-corrected chi connectivity index (χ0v) is 14.6. The van der Waals surface area contributed by atoms with Crippen LogP contribution in [0, 0.1) is 12.3 Å². The normalized spacial score (nSPS) is 18.4. The van der Waals surface area contributed by atoms with Gasteiger partial charge in [0.15, 0.2) is 11.4 Å². The fourth-order valence-electron chi connectivity index (χ4n) is 3.72. The van der Waals surface area contributed by atoms with Gasteiger partial charge in [0.05, 0.1) is 18.7 Å². The van der Waals surface area contributed by atoms with Gasteiger partial charge in [0.25, 0.3) is 5.91 Å². The van der Waals surface area contributed by atoms with E-state index in [2.05, 4.69) is 5.92 Å². The number of nitrogens with zero attached hydrogens (tertiary/aromatic N) is 1. The molecule has 0 bridgehead atoms. The van der Waals surface area contributed by atoms with Gasteiger partial charge in [-0.05, 0) is 16.8 Å². The SMILES string of the molecule is C#CCN1C(=O)[C@](O)(CC(=O)c2cccc3ccccc23)c2ccccc21. The maximum atomic E-state index is 13.1. The summed E-state index contributed by atoms with van der Waals surface area (Å²) in [6.07, 6.45) is 5.04. The molecule has 0 saturated carbocycles. The monoisotopic (exact) mass is 355 g/mol. The first-order chi connectivity index (χ1) is 13.1. The second-order valence-corrected chi connectivity index (χ2v) is 6.60. The van der Waals surface area contributed by atoms with Gasteiger partial charge in [0.1, 0.15) is 0 Å². The molecule has 1 amide bonds. The summed E-state index contributed by atoms with van der Waals surface area (Å²) in [6.45, 7) is 0.0423. The first-order valence-corrected chi connectivity index (χ1v) is 8.64. The van der Waals surface area contributed by atoms with Gasteiger partial charge in [-0.15, -0.1) is 6.42 Å². The highest BCUT2D eigenvalue weighted by Gasteiger charge is 2.50. The van der Waals surface area contributed by atoms with Gasteiger partial charge in [0.2, 0.25) is 0 Å². The number of hydrogen-bond acceptors (Lipinski definition) is 3. The second-order valence-electron chi connectivity index (χ2n) is 6.60. The Bertz CT molecular complexity index is 1110. The van der Waals surface area contributed by atoms with E-state index in [0.717, 1.165) is 10.8 Å². The van der Waals surface area contributed by atoms with Crippen molar-refractivity contribution in [3.8, 4) is 12.3 Å². The maximum absolute atomic E-state index is 13.1. The van der Waals surface area contributed by atoms with Crippen LogP contribution in [-0.4, -0.2) is 23.3 Å². The first-order valence-electron chi connectivity index (χ1n) is 8.64. The number of aliphatic hydroxyl groups is 1. The van der Waals surface area contributed by atoms with Crippen LogP contribution in [0.4, 0.5) is 5.69 Å². The summed E-state index contributed by atoms with van der Waals surface area (Å²) in [4.78, 5) is 27.4. The van der Waals surface area contributed by atoms with Gasteiger partial charge >= 0.3 is 0 Å². The highest BCUT2D eigenvalue weighted by atomic mass is 16.3. The third kappa shape index (κ3) is 2.61. The highest BCUT2D eigenvalue weighted by Crippen LogP contribution is 2.42. The molecule has 1 aliphatic heterocycles. The number of fused-ring (bicyclic) bond motifs is 2. The molecule has 0 aliphatic carbocycles. The smallest absolute Gasteiger partial charge is 0.265 e. The Hall–Kier alpha value is -3.42. The molecule has 0 fully saturated rings. The summed E-state index contributed by atoms with van der Waals surface area (Å²) in [6, 6.07) is 19.9. The van der Waals surface area contributed by atoms with Gasteiger partial charge < -0.3 is 5.11 Å². The van der Waals surface area contributed by atoms with Crippen LogP contribution in [0.2, 0.25) is 0 Å². The molecule has 1 atom stereocenters. The van der Waals surface area contributed by atoms with E-state index in [1.54, 1.807) is 36.4 Å². The van der Waals surface area contributed by atoms with E-state index in [0.29, 0.717) is 16.8 Å². The predicted molar refractivity (Wildman–Crippen MR) is 104 cm³/mol. The predicted octanol–water partition coefficient (Wildman–Crippen LogP) is 3.28. The zero-order valence-electron chi connectivity index (χ0n) is 14.6. The number of ketones is 1. The summed E-state index contributed by atoms with van der Waals surface area (Å²) < 4.78 is 0. The van der Waals surface area contributed by atoms with Crippen LogP contribution in [0.1, 0.15) is 22.3 Å². The number of Topliss-reactive ketones (excluding diaryl/α,β-unsaturated/α-hetero) is 1. The molecule has 1 heterocycles. The molecular weight excluding hydrogens is 338 g/mol. The standard InChI is InChI=1S/C23H17NO3/c1-2-14-24-20-13-6-5-12-19(20)23(27,22(24)26)15-21(25)18-11-7-9-16-8-3-4-10-17(16)18/h1,3-13,27H,14-15H2/t23-/m0/s1. The number of amides is 1. The lowest BCUT2D eigenvalue weighted by molar-refractivity contribution is -0.135. The van der Waals surface area contributed by atoms with Crippen LogP contribution in [-0.2, 0) is 10.4 Å². The minimum Gasteiger partial charge on any atom is -0.375 e. The number of hydrogen-bond donors (Lipinski definition) is 1. The number of carbonyl (C=O) groups excluding carboxylic acids is 2. The zero-order chi connectivity index (χ0) is 19.0. The summed E-state index contributed by atoms with van der Waals surface area (Å²) >= 11 is 0. The van der Waals surface area contributed by atoms with Crippen molar-refractivity contribution < 1.29 is 14.7 Å². The Morgan fingerprint density at radius 1 is 1.04 bits per heavy atom. The fraction of sp³-hybridized carbons (Fsp3) is 0.130. The van der Waals surface area contributed by atoms with Crippen LogP contribution < -0.4 is 4.90 Å². The van der Waals surface area contributed by atoms with E-state index in [1.165, 1.54) is 4.90 Å². The van der Waals surface area contributed by atoms with Gasteiger partial charge in [-0.2, -0.15) is 0 Å². The molecule has 4 rings (SSSR count). The molecule has 132 valence electrons. The van der Waals surface area contributed by atoms with Crippen molar-refractivity contribution in [1.82, 2.24) is 0 Å². The molecule has 4 heteroatoms. The Balaban J connectivity index is 1.76. The summed E-state index contributed by atoms with van der Waals surface area (Å²) in [5.74, 6) is 1.59. The van der Waals surface area contributed by atoms with Gasteiger partial charge in [-0.1, -0.05) is 66.6 Å². The second kappa shape index (κ2) is 6.39. The minimum absolute atomic E-state index is 0.0423. The Morgan fingerprint density at radius 2 is 1.74 bits per heavy atom. The highest BCUT2D eigenvalue weighted by molar-refractivity contribution is 6.14. The molecule has 3 aromatic carbocycles. The summed E-state index contributed by atoms with van der Waals surface area (Å²) in [5, 5.41) is 13.0. The largest absolute Gasteiger partial charge is 0.375 e. The quantitative estimate of drug-likeness (QED) is 0.577. The third-order valence-electron chi connectivity index (χ3n) is 5.00.